The first-order valence-corrected chi connectivity index (χ1v) is 9.18. The average molecular weight is 366 g/mol. The predicted octanol–water partition coefficient (Wildman–Crippen LogP) is 2.09. The number of nitrogen functional groups attached to an aromatic ring is 2. The van der Waals surface area contributed by atoms with Crippen molar-refractivity contribution in [3.8, 4) is 0 Å². The number of ether oxygens (including phenoxy) is 1. The van der Waals surface area contributed by atoms with Crippen LogP contribution in [-0.2, 0) is 10.2 Å². The van der Waals surface area contributed by atoms with Crippen LogP contribution >= 0.6 is 0 Å². The molecule has 0 radical (unpaired) electrons. The van der Waals surface area contributed by atoms with Gasteiger partial charge in [-0.05, 0) is 37.5 Å². The second kappa shape index (κ2) is 5.82. The number of hydrogen-bond donors (Lipinski definition) is 2. The summed E-state index contributed by atoms with van der Waals surface area (Å²) in [5.41, 5.74) is 15.2. The molecule has 2 aromatic heterocycles. The summed E-state index contributed by atoms with van der Waals surface area (Å²) in [6, 6.07) is 6.55. The molecule has 0 amide bonds. The minimum Gasteiger partial charge on any atom is -0.424 e. The van der Waals surface area contributed by atoms with Crippen molar-refractivity contribution in [2.45, 2.75) is 31.2 Å². The molecule has 8 nitrogen and oxygen atoms in total. The number of aromatic nitrogens is 3. The van der Waals surface area contributed by atoms with Gasteiger partial charge in [-0.25, -0.2) is 9.97 Å². The quantitative estimate of drug-likeness (QED) is 0.708. The lowest BCUT2D eigenvalue weighted by atomic mass is 9.78. The zero-order valence-corrected chi connectivity index (χ0v) is 15.2. The first-order valence-electron chi connectivity index (χ1n) is 9.18. The molecule has 1 atom stereocenters. The van der Waals surface area contributed by atoms with Crippen molar-refractivity contribution in [3.63, 3.8) is 0 Å². The van der Waals surface area contributed by atoms with Gasteiger partial charge in [0.1, 0.15) is 23.5 Å². The standard InChI is InChI=1S/C19H22N6O2/c1-19(11-2-3-14-13(8-11)24-18(21)27-14)9-25(12-4-6-26-7-5-12)17-15(19)16(20)22-10-23-17/h2-3,8,10,12H,4-7,9H2,1H3,(H2,21,24)(H2,20,22,23). The van der Waals surface area contributed by atoms with Crippen molar-refractivity contribution in [3.05, 3.63) is 35.7 Å². The van der Waals surface area contributed by atoms with Gasteiger partial charge < -0.3 is 25.5 Å². The van der Waals surface area contributed by atoms with Crippen LogP contribution in [0.3, 0.4) is 0 Å². The summed E-state index contributed by atoms with van der Waals surface area (Å²) < 4.78 is 11.0. The number of nitrogens with two attached hydrogens (primary N) is 2. The Bertz CT molecular complexity index is 1010. The van der Waals surface area contributed by atoms with E-state index in [4.69, 9.17) is 20.6 Å². The molecule has 3 aromatic rings. The van der Waals surface area contributed by atoms with Crippen molar-refractivity contribution in [2.24, 2.45) is 0 Å². The summed E-state index contributed by atoms with van der Waals surface area (Å²) in [5.74, 6) is 1.45. The second-order valence-electron chi connectivity index (χ2n) is 7.50. The third kappa shape index (κ3) is 2.43. The molecule has 2 aliphatic heterocycles. The molecule has 0 bridgehead atoms. The number of rotatable bonds is 2. The van der Waals surface area contributed by atoms with E-state index in [1.165, 1.54) is 0 Å². The number of nitrogens with zero attached hydrogens (tertiary/aromatic N) is 4. The van der Waals surface area contributed by atoms with Gasteiger partial charge in [-0.3, -0.25) is 0 Å². The summed E-state index contributed by atoms with van der Waals surface area (Å²) in [6.45, 7) is 4.53. The van der Waals surface area contributed by atoms with Crippen molar-refractivity contribution in [1.82, 2.24) is 15.0 Å². The first-order chi connectivity index (χ1) is 13.1. The Hall–Kier alpha value is -2.87. The fourth-order valence-electron chi connectivity index (χ4n) is 4.45. The third-order valence-corrected chi connectivity index (χ3v) is 5.84. The molecule has 1 saturated heterocycles. The fourth-order valence-corrected chi connectivity index (χ4v) is 4.45. The van der Waals surface area contributed by atoms with E-state index in [0.717, 1.165) is 55.1 Å². The van der Waals surface area contributed by atoms with E-state index in [-0.39, 0.29) is 11.4 Å². The van der Waals surface area contributed by atoms with Gasteiger partial charge >= 0.3 is 0 Å². The molecule has 4 N–H and O–H groups in total. The SMILES string of the molecule is CC1(c2ccc3oc(N)nc3c2)CN(C2CCOCC2)c2ncnc(N)c21. The van der Waals surface area contributed by atoms with Crippen molar-refractivity contribution < 1.29 is 9.15 Å². The lowest BCUT2D eigenvalue weighted by Gasteiger charge is -2.34. The maximum absolute atomic E-state index is 6.34. The van der Waals surface area contributed by atoms with Crippen molar-refractivity contribution in [1.29, 1.82) is 0 Å². The predicted molar refractivity (Wildman–Crippen MR) is 103 cm³/mol. The molecule has 1 aromatic carbocycles. The van der Waals surface area contributed by atoms with E-state index < -0.39 is 0 Å². The normalized spacial score (nSPS) is 23.1. The lowest BCUT2D eigenvalue weighted by Crippen LogP contribution is -2.42. The van der Waals surface area contributed by atoms with Gasteiger partial charge in [0.2, 0.25) is 0 Å². The highest BCUT2D eigenvalue weighted by Gasteiger charge is 2.45. The van der Waals surface area contributed by atoms with Crippen LogP contribution in [0.1, 0.15) is 30.9 Å². The Kier molecular flexibility index (Phi) is 3.51. The number of benzene rings is 1. The molecular weight excluding hydrogens is 344 g/mol. The molecule has 0 saturated carbocycles. The number of oxazole rings is 1. The minimum atomic E-state index is -0.346. The molecule has 140 valence electrons. The van der Waals surface area contributed by atoms with E-state index in [1.54, 1.807) is 6.33 Å². The van der Waals surface area contributed by atoms with E-state index in [9.17, 15) is 0 Å². The van der Waals surface area contributed by atoms with Crippen LogP contribution in [0.15, 0.2) is 28.9 Å². The van der Waals surface area contributed by atoms with Gasteiger partial charge in [0.25, 0.3) is 6.01 Å². The number of anilines is 3. The molecule has 8 heteroatoms. The Morgan fingerprint density at radius 3 is 2.81 bits per heavy atom. The third-order valence-electron chi connectivity index (χ3n) is 5.84. The summed E-state index contributed by atoms with van der Waals surface area (Å²) in [7, 11) is 0. The van der Waals surface area contributed by atoms with Crippen molar-refractivity contribution >= 4 is 28.8 Å². The van der Waals surface area contributed by atoms with Gasteiger partial charge in [0, 0.05) is 36.8 Å². The van der Waals surface area contributed by atoms with Gasteiger partial charge in [-0.15, -0.1) is 0 Å². The maximum Gasteiger partial charge on any atom is 0.292 e. The van der Waals surface area contributed by atoms with Crippen LogP contribution in [-0.4, -0.2) is 40.8 Å². The summed E-state index contributed by atoms with van der Waals surface area (Å²) in [6.07, 6.45) is 3.52. The number of fused-ring (bicyclic) bond motifs is 2. The highest BCUT2D eigenvalue weighted by molar-refractivity contribution is 5.77. The van der Waals surface area contributed by atoms with Crippen LogP contribution < -0.4 is 16.4 Å². The Labute approximate surface area is 156 Å². The molecule has 0 spiro atoms. The molecule has 1 fully saturated rings. The van der Waals surface area contributed by atoms with Gasteiger partial charge in [-0.2, -0.15) is 4.98 Å². The molecular formula is C19H22N6O2. The molecule has 0 aliphatic carbocycles. The van der Waals surface area contributed by atoms with E-state index in [0.29, 0.717) is 17.4 Å². The Morgan fingerprint density at radius 1 is 1.19 bits per heavy atom. The summed E-state index contributed by atoms with van der Waals surface area (Å²) in [5, 5.41) is 0. The van der Waals surface area contributed by atoms with Crippen LogP contribution in [0, 0.1) is 0 Å². The monoisotopic (exact) mass is 366 g/mol. The average Bonchev–Trinajstić information content (AvgIpc) is 3.20. The number of hydrogen-bond acceptors (Lipinski definition) is 8. The summed E-state index contributed by atoms with van der Waals surface area (Å²) >= 11 is 0. The van der Waals surface area contributed by atoms with Gasteiger partial charge in [0.05, 0.1) is 0 Å². The molecule has 5 rings (SSSR count). The topological polar surface area (TPSA) is 116 Å². The maximum atomic E-state index is 6.34. The van der Waals surface area contributed by atoms with Gasteiger partial charge in [-0.1, -0.05) is 6.07 Å². The fraction of sp³-hybridized carbons (Fsp3) is 0.421. The van der Waals surface area contributed by atoms with E-state index in [1.807, 2.05) is 12.1 Å². The van der Waals surface area contributed by atoms with Crippen LogP contribution in [0.25, 0.3) is 11.1 Å². The summed E-state index contributed by atoms with van der Waals surface area (Å²) in [4.78, 5) is 15.5. The zero-order valence-electron chi connectivity index (χ0n) is 15.2. The lowest BCUT2D eigenvalue weighted by molar-refractivity contribution is 0.0842. The van der Waals surface area contributed by atoms with Crippen LogP contribution in [0.2, 0.25) is 0 Å². The highest BCUT2D eigenvalue weighted by atomic mass is 16.5. The smallest absolute Gasteiger partial charge is 0.292 e. The molecule has 1 unspecified atom stereocenters. The van der Waals surface area contributed by atoms with Crippen LogP contribution in [0.5, 0.6) is 0 Å². The minimum absolute atomic E-state index is 0.172. The van der Waals surface area contributed by atoms with Crippen molar-refractivity contribution in [2.75, 3.05) is 36.1 Å². The van der Waals surface area contributed by atoms with E-state index in [2.05, 4.69) is 32.8 Å². The van der Waals surface area contributed by atoms with Crippen LogP contribution in [0.4, 0.5) is 17.7 Å². The largest absolute Gasteiger partial charge is 0.424 e. The first kappa shape index (κ1) is 16.3. The highest BCUT2D eigenvalue weighted by Crippen LogP contribution is 2.48. The molecule has 4 heterocycles. The molecule has 2 aliphatic rings. The van der Waals surface area contributed by atoms with Gasteiger partial charge in [0.15, 0.2) is 5.58 Å². The Morgan fingerprint density at radius 2 is 2.00 bits per heavy atom. The zero-order chi connectivity index (χ0) is 18.6. The second-order valence-corrected chi connectivity index (χ2v) is 7.50. The Balaban J connectivity index is 1.64. The molecule has 27 heavy (non-hydrogen) atoms. The van der Waals surface area contributed by atoms with E-state index >= 15 is 0 Å².